The van der Waals surface area contributed by atoms with Crippen LogP contribution in [0.3, 0.4) is 0 Å². The van der Waals surface area contributed by atoms with E-state index < -0.39 is 0 Å². The van der Waals surface area contributed by atoms with Crippen molar-refractivity contribution in [3.05, 3.63) is 72.1 Å². The highest BCUT2D eigenvalue weighted by Gasteiger charge is 2.19. The van der Waals surface area contributed by atoms with Gasteiger partial charge in [0, 0.05) is 19.2 Å². The van der Waals surface area contributed by atoms with Gasteiger partial charge in [-0.25, -0.2) is 0 Å². The van der Waals surface area contributed by atoms with Crippen LogP contribution >= 0.6 is 0 Å². The van der Waals surface area contributed by atoms with E-state index in [1.54, 1.807) is 19.2 Å². The van der Waals surface area contributed by atoms with Crippen LogP contribution in [0, 0.1) is 5.92 Å². The number of rotatable bonds is 6. The Morgan fingerprint density at radius 3 is 2.25 bits per heavy atom. The van der Waals surface area contributed by atoms with Crippen LogP contribution in [0.5, 0.6) is 0 Å². The molecule has 3 rings (SSSR count). The van der Waals surface area contributed by atoms with Gasteiger partial charge in [0.05, 0.1) is 11.9 Å². The lowest BCUT2D eigenvalue weighted by Gasteiger charge is -2.10. The highest BCUT2D eigenvalue weighted by molar-refractivity contribution is 6.08. The molecule has 28 heavy (non-hydrogen) atoms. The molecule has 0 saturated carbocycles. The van der Waals surface area contributed by atoms with E-state index in [-0.39, 0.29) is 11.8 Å². The second kappa shape index (κ2) is 8.52. The third kappa shape index (κ3) is 4.46. The fraction of sp³-hybridized carbons (Fsp3) is 0.227. The van der Waals surface area contributed by atoms with Gasteiger partial charge < -0.3 is 10.6 Å². The second-order valence-corrected chi connectivity index (χ2v) is 7.03. The number of nitrogens with zero attached hydrogens (tertiary/aromatic N) is 2. The topological polar surface area (TPSA) is 76.0 Å². The van der Waals surface area contributed by atoms with Crippen LogP contribution in [-0.4, -0.2) is 28.1 Å². The minimum Gasteiger partial charge on any atom is -0.350 e. The highest BCUT2D eigenvalue weighted by atomic mass is 16.2. The summed E-state index contributed by atoms with van der Waals surface area (Å²) in [7, 11) is 1.68. The summed E-state index contributed by atoms with van der Waals surface area (Å²) < 4.78 is 1.46. The molecule has 0 spiro atoms. The van der Waals surface area contributed by atoms with Crippen LogP contribution in [0.25, 0.3) is 11.1 Å². The molecule has 0 aliphatic carbocycles. The summed E-state index contributed by atoms with van der Waals surface area (Å²) in [5.41, 5.74) is 3.35. The quantitative estimate of drug-likeness (QED) is 0.688. The molecule has 0 atom stereocenters. The lowest BCUT2D eigenvalue weighted by atomic mass is 10.0. The van der Waals surface area contributed by atoms with Crippen LogP contribution < -0.4 is 10.6 Å². The van der Waals surface area contributed by atoms with Crippen molar-refractivity contribution in [2.24, 2.45) is 13.0 Å². The van der Waals surface area contributed by atoms with E-state index in [9.17, 15) is 9.59 Å². The second-order valence-electron chi connectivity index (χ2n) is 7.03. The largest absolute Gasteiger partial charge is 0.350 e. The van der Waals surface area contributed by atoms with Gasteiger partial charge in [0.2, 0.25) is 0 Å². The molecular formula is C22H24N4O2. The van der Waals surface area contributed by atoms with E-state index in [4.69, 9.17) is 0 Å². The zero-order valence-corrected chi connectivity index (χ0v) is 16.3. The first-order chi connectivity index (χ1) is 13.5. The lowest BCUT2D eigenvalue weighted by molar-refractivity contribution is 0.0940. The summed E-state index contributed by atoms with van der Waals surface area (Å²) >= 11 is 0. The number of aryl methyl sites for hydroxylation is 1. The van der Waals surface area contributed by atoms with Crippen LogP contribution in [0.1, 0.15) is 34.7 Å². The van der Waals surface area contributed by atoms with E-state index in [0.29, 0.717) is 29.4 Å². The van der Waals surface area contributed by atoms with E-state index in [0.717, 1.165) is 11.1 Å². The molecular weight excluding hydrogens is 352 g/mol. The number of amides is 2. The molecule has 0 unspecified atom stereocenters. The maximum Gasteiger partial charge on any atom is 0.271 e. The molecule has 0 saturated heterocycles. The first-order valence-electron chi connectivity index (χ1n) is 9.22. The Morgan fingerprint density at radius 2 is 1.61 bits per heavy atom. The van der Waals surface area contributed by atoms with Crippen molar-refractivity contribution in [1.82, 2.24) is 15.1 Å². The molecule has 6 heteroatoms. The molecule has 6 nitrogen and oxygen atoms in total. The number of carbonyl (C=O) groups is 2. The predicted octanol–water partition coefficient (Wildman–Crippen LogP) is 3.73. The van der Waals surface area contributed by atoms with Crippen LogP contribution in [0.15, 0.2) is 60.8 Å². The molecule has 0 fully saturated rings. The Bertz CT molecular complexity index is 960. The molecule has 1 heterocycles. The fourth-order valence-electron chi connectivity index (χ4n) is 2.82. The minimum absolute atomic E-state index is 0.261. The van der Waals surface area contributed by atoms with Gasteiger partial charge in [-0.3, -0.25) is 14.3 Å². The maximum atomic E-state index is 12.6. The van der Waals surface area contributed by atoms with Crippen molar-refractivity contribution in [2.75, 3.05) is 11.9 Å². The molecule has 0 aliphatic rings. The third-order valence-corrected chi connectivity index (χ3v) is 4.33. The summed E-state index contributed by atoms with van der Waals surface area (Å²) in [6.45, 7) is 4.59. The Kier molecular flexibility index (Phi) is 5.89. The Labute approximate surface area is 164 Å². The Balaban J connectivity index is 1.74. The molecule has 144 valence electrons. The number of nitrogens with one attached hydrogen (secondary N) is 2. The summed E-state index contributed by atoms with van der Waals surface area (Å²) in [6, 6.07) is 17.3. The average Bonchev–Trinajstić information content (AvgIpc) is 3.07. The molecule has 3 aromatic rings. The summed E-state index contributed by atoms with van der Waals surface area (Å²) in [6.07, 6.45) is 1.49. The lowest BCUT2D eigenvalue weighted by Crippen LogP contribution is -2.30. The number of hydrogen-bond donors (Lipinski definition) is 2. The van der Waals surface area contributed by atoms with Gasteiger partial charge in [-0.15, -0.1) is 0 Å². The normalized spacial score (nSPS) is 10.7. The standard InChI is InChI=1S/C22H24N4O2/c1-15(2)13-23-22(28)20-19(14-24-26(20)3)25-21(27)18-11-9-17(10-12-18)16-7-5-4-6-8-16/h4-12,14-15H,13H2,1-3H3,(H,23,28)(H,25,27). The predicted molar refractivity (Wildman–Crippen MR) is 110 cm³/mol. The molecule has 0 aliphatic heterocycles. The Morgan fingerprint density at radius 1 is 0.964 bits per heavy atom. The van der Waals surface area contributed by atoms with Gasteiger partial charge in [-0.05, 0) is 29.2 Å². The van der Waals surface area contributed by atoms with Gasteiger partial charge >= 0.3 is 0 Å². The van der Waals surface area contributed by atoms with Gasteiger partial charge in [0.25, 0.3) is 11.8 Å². The number of carbonyl (C=O) groups excluding carboxylic acids is 2. The van der Waals surface area contributed by atoms with Gasteiger partial charge in [-0.1, -0.05) is 56.3 Å². The van der Waals surface area contributed by atoms with Crippen LogP contribution in [0.4, 0.5) is 5.69 Å². The number of aromatic nitrogens is 2. The number of hydrogen-bond acceptors (Lipinski definition) is 3. The van der Waals surface area contributed by atoms with Gasteiger partial charge in [-0.2, -0.15) is 5.10 Å². The Hall–Kier alpha value is -3.41. The van der Waals surface area contributed by atoms with E-state index >= 15 is 0 Å². The molecule has 1 aromatic heterocycles. The summed E-state index contributed by atoms with van der Waals surface area (Å²) in [5.74, 6) is -0.215. The third-order valence-electron chi connectivity index (χ3n) is 4.33. The van der Waals surface area contributed by atoms with Crippen molar-refractivity contribution < 1.29 is 9.59 Å². The van der Waals surface area contributed by atoms with Gasteiger partial charge in [0.15, 0.2) is 0 Å². The van der Waals surface area contributed by atoms with Gasteiger partial charge in [0.1, 0.15) is 5.69 Å². The monoisotopic (exact) mass is 376 g/mol. The van der Waals surface area contributed by atoms with E-state index in [2.05, 4.69) is 15.7 Å². The smallest absolute Gasteiger partial charge is 0.271 e. The van der Waals surface area contributed by atoms with Crippen LogP contribution in [0.2, 0.25) is 0 Å². The fourth-order valence-corrected chi connectivity index (χ4v) is 2.82. The first-order valence-corrected chi connectivity index (χ1v) is 9.22. The number of anilines is 1. The molecule has 2 N–H and O–H groups in total. The SMILES string of the molecule is CC(C)CNC(=O)c1c(NC(=O)c2ccc(-c3ccccc3)cc2)cnn1C. The van der Waals surface area contributed by atoms with E-state index in [1.807, 2.05) is 56.3 Å². The number of benzene rings is 2. The summed E-state index contributed by atoms with van der Waals surface area (Å²) in [4.78, 5) is 25.1. The molecule has 2 amide bonds. The highest BCUT2D eigenvalue weighted by Crippen LogP contribution is 2.20. The summed E-state index contributed by atoms with van der Waals surface area (Å²) in [5, 5.41) is 9.75. The first kappa shape index (κ1) is 19.4. The van der Waals surface area contributed by atoms with Crippen molar-refractivity contribution >= 4 is 17.5 Å². The van der Waals surface area contributed by atoms with E-state index in [1.165, 1.54) is 10.9 Å². The zero-order chi connectivity index (χ0) is 20.1. The molecule has 0 radical (unpaired) electrons. The van der Waals surface area contributed by atoms with Crippen molar-refractivity contribution in [2.45, 2.75) is 13.8 Å². The van der Waals surface area contributed by atoms with Crippen LogP contribution in [-0.2, 0) is 7.05 Å². The van der Waals surface area contributed by atoms with Crippen molar-refractivity contribution in [3.8, 4) is 11.1 Å². The molecule has 0 bridgehead atoms. The average molecular weight is 376 g/mol. The minimum atomic E-state index is -0.287. The molecule has 2 aromatic carbocycles. The maximum absolute atomic E-state index is 12.6. The zero-order valence-electron chi connectivity index (χ0n) is 16.3. The van der Waals surface area contributed by atoms with Crippen molar-refractivity contribution in [1.29, 1.82) is 0 Å². The van der Waals surface area contributed by atoms with Crippen molar-refractivity contribution in [3.63, 3.8) is 0 Å².